The van der Waals surface area contributed by atoms with Gasteiger partial charge in [-0.1, -0.05) is 34.7 Å². The van der Waals surface area contributed by atoms with Crippen LogP contribution in [0.2, 0.25) is 0 Å². The number of benzene rings is 1. The number of hydrogen-bond donors (Lipinski definition) is 0. The van der Waals surface area contributed by atoms with Crippen LogP contribution in [0.25, 0.3) is 0 Å². The van der Waals surface area contributed by atoms with Gasteiger partial charge in [-0.3, -0.25) is 0 Å². The normalized spacial score (nSPS) is 11.4. The number of ether oxygens (including phenoxy) is 1. The largest absolute Gasteiger partial charge is 0.488 e. The molecule has 1 rings (SSSR count). The van der Waals surface area contributed by atoms with Gasteiger partial charge in [0.15, 0.2) is 0 Å². The van der Waals surface area contributed by atoms with Crippen LogP contribution in [0.3, 0.4) is 0 Å². The Hall–Kier alpha value is -0.250. The van der Waals surface area contributed by atoms with E-state index in [9.17, 15) is 0 Å². The van der Waals surface area contributed by atoms with Crippen molar-refractivity contribution in [2.75, 3.05) is 4.43 Å². The molecule has 0 saturated carbocycles. The van der Waals surface area contributed by atoms with E-state index >= 15 is 0 Å². The molecule has 0 heterocycles. The SMILES string of the molecule is CC(C)(C)Oc1ccc(CCI)cc1. The smallest absolute Gasteiger partial charge is 0.120 e. The predicted octanol–water partition coefficient (Wildman–Crippen LogP) is 3.84. The molecule has 1 nitrogen and oxygen atoms in total. The summed E-state index contributed by atoms with van der Waals surface area (Å²) >= 11 is 2.39. The molecule has 0 aliphatic rings. The van der Waals surface area contributed by atoms with E-state index < -0.39 is 0 Å². The Kier molecular flexibility index (Phi) is 4.23. The zero-order valence-corrected chi connectivity index (χ0v) is 11.2. The maximum Gasteiger partial charge on any atom is 0.120 e. The lowest BCUT2D eigenvalue weighted by atomic mass is 10.1. The van der Waals surface area contributed by atoms with Crippen LogP contribution in [-0.2, 0) is 6.42 Å². The minimum absolute atomic E-state index is 0.106. The summed E-state index contributed by atoms with van der Waals surface area (Å²) in [4.78, 5) is 0. The zero-order chi connectivity index (χ0) is 10.6. The van der Waals surface area contributed by atoms with Gasteiger partial charge in [-0.15, -0.1) is 0 Å². The molecular formula is C12H17IO. The molecule has 0 amide bonds. The Morgan fingerprint density at radius 3 is 2.14 bits per heavy atom. The number of halogens is 1. The Morgan fingerprint density at radius 1 is 1.14 bits per heavy atom. The summed E-state index contributed by atoms with van der Waals surface area (Å²) in [6.07, 6.45) is 1.14. The molecule has 0 radical (unpaired) electrons. The Balaban J connectivity index is 2.64. The summed E-state index contributed by atoms with van der Waals surface area (Å²) in [6, 6.07) is 8.37. The fraction of sp³-hybridized carbons (Fsp3) is 0.500. The van der Waals surface area contributed by atoms with Crippen molar-refractivity contribution in [3.8, 4) is 5.75 Å². The van der Waals surface area contributed by atoms with Crippen LogP contribution in [0.5, 0.6) is 5.75 Å². The molecule has 1 aromatic carbocycles. The second kappa shape index (κ2) is 5.01. The highest BCUT2D eigenvalue weighted by Crippen LogP contribution is 2.18. The van der Waals surface area contributed by atoms with Crippen molar-refractivity contribution < 1.29 is 4.74 Å². The number of rotatable bonds is 3. The molecule has 0 aromatic heterocycles. The maximum atomic E-state index is 5.73. The summed E-state index contributed by atoms with van der Waals surface area (Å²) in [7, 11) is 0. The van der Waals surface area contributed by atoms with Crippen LogP contribution in [-0.4, -0.2) is 10.0 Å². The van der Waals surface area contributed by atoms with E-state index in [1.165, 1.54) is 5.56 Å². The fourth-order valence-electron chi connectivity index (χ4n) is 1.19. The molecule has 2 heteroatoms. The minimum Gasteiger partial charge on any atom is -0.488 e. The van der Waals surface area contributed by atoms with E-state index in [1.54, 1.807) is 0 Å². The van der Waals surface area contributed by atoms with Gasteiger partial charge in [0, 0.05) is 4.43 Å². The Labute approximate surface area is 100.0 Å². The topological polar surface area (TPSA) is 9.23 Å². The third-order valence-corrected chi connectivity index (χ3v) is 2.27. The van der Waals surface area contributed by atoms with E-state index in [-0.39, 0.29) is 5.60 Å². The van der Waals surface area contributed by atoms with E-state index in [2.05, 4.69) is 55.5 Å². The standard InChI is InChI=1S/C12H17IO/c1-12(2,3)14-11-6-4-10(5-7-11)8-9-13/h4-7H,8-9H2,1-3H3. The molecular weight excluding hydrogens is 287 g/mol. The monoisotopic (exact) mass is 304 g/mol. The molecule has 0 fully saturated rings. The van der Waals surface area contributed by atoms with Crippen LogP contribution >= 0.6 is 22.6 Å². The van der Waals surface area contributed by atoms with E-state index in [0.717, 1.165) is 16.6 Å². The first-order chi connectivity index (χ1) is 6.51. The van der Waals surface area contributed by atoms with Crippen molar-refractivity contribution in [1.29, 1.82) is 0 Å². The van der Waals surface area contributed by atoms with Gasteiger partial charge in [0.25, 0.3) is 0 Å². The second-order valence-corrected chi connectivity index (χ2v) is 5.38. The fourth-order valence-corrected chi connectivity index (χ4v) is 1.81. The highest BCUT2D eigenvalue weighted by molar-refractivity contribution is 14.1. The molecule has 0 unspecified atom stereocenters. The second-order valence-electron chi connectivity index (χ2n) is 4.30. The van der Waals surface area contributed by atoms with Gasteiger partial charge in [-0.05, 0) is 44.9 Å². The van der Waals surface area contributed by atoms with Crippen molar-refractivity contribution >= 4 is 22.6 Å². The van der Waals surface area contributed by atoms with Gasteiger partial charge in [-0.2, -0.15) is 0 Å². The lowest BCUT2D eigenvalue weighted by molar-refractivity contribution is 0.131. The molecule has 0 spiro atoms. The first kappa shape index (κ1) is 11.8. The van der Waals surface area contributed by atoms with Crippen molar-refractivity contribution in [1.82, 2.24) is 0 Å². The van der Waals surface area contributed by atoms with Crippen LogP contribution in [0, 0.1) is 0 Å². The van der Waals surface area contributed by atoms with Gasteiger partial charge < -0.3 is 4.74 Å². The van der Waals surface area contributed by atoms with Gasteiger partial charge in [0.2, 0.25) is 0 Å². The molecule has 0 atom stereocenters. The maximum absolute atomic E-state index is 5.73. The van der Waals surface area contributed by atoms with Crippen molar-refractivity contribution in [2.45, 2.75) is 32.8 Å². The summed E-state index contributed by atoms with van der Waals surface area (Å²) in [5.41, 5.74) is 1.27. The summed E-state index contributed by atoms with van der Waals surface area (Å²) in [5, 5.41) is 0. The van der Waals surface area contributed by atoms with Gasteiger partial charge in [0.1, 0.15) is 11.4 Å². The third kappa shape index (κ3) is 4.31. The lowest BCUT2D eigenvalue weighted by Gasteiger charge is -2.21. The first-order valence-electron chi connectivity index (χ1n) is 4.85. The molecule has 0 aliphatic carbocycles. The predicted molar refractivity (Wildman–Crippen MR) is 69.4 cm³/mol. The Bertz CT molecular complexity index is 271. The van der Waals surface area contributed by atoms with Crippen LogP contribution in [0.1, 0.15) is 26.3 Å². The Morgan fingerprint density at radius 2 is 1.71 bits per heavy atom. The molecule has 0 N–H and O–H groups in total. The molecule has 0 saturated heterocycles. The summed E-state index contributed by atoms with van der Waals surface area (Å²) in [5.74, 6) is 0.953. The molecule has 14 heavy (non-hydrogen) atoms. The number of hydrogen-bond acceptors (Lipinski definition) is 1. The number of alkyl halides is 1. The zero-order valence-electron chi connectivity index (χ0n) is 9.01. The number of aryl methyl sites for hydroxylation is 1. The van der Waals surface area contributed by atoms with Gasteiger partial charge in [-0.25, -0.2) is 0 Å². The first-order valence-corrected chi connectivity index (χ1v) is 6.38. The van der Waals surface area contributed by atoms with Crippen LogP contribution in [0.15, 0.2) is 24.3 Å². The minimum atomic E-state index is -0.106. The van der Waals surface area contributed by atoms with E-state index in [1.807, 2.05) is 12.1 Å². The average molecular weight is 304 g/mol. The summed E-state index contributed by atoms with van der Waals surface area (Å²) < 4.78 is 6.90. The third-order valence-electron chi connectivity index (χ3n) is 1.73. The van der Waals surface area contributed by atoms with E-state index in [4.69, 9.17) is 4.74 Å². The average Bonchev–Trinajstić information content (AvgIpc) is 2.06. The molecule has 0 aliphatic heterocycles. The van der Waals surface area contributed by atoms with Crippen molar-refractivity contribution in [3.63, 3.8) is 0 Å². The van der Waals surface area contributed by atoms with E-state index in [0.29, 0.717) is 0 Å². The highest BCUT2D eigenvalue weighted by Gasteiger charge is 2.10. The lowest BCUT2D eigenvalue weighted by Crippen LogP contribution is -2.22. The molecule has 1 aromatic rings. The molecule has 0 bridgehead atoms. The van der Waals surface area contributed by atoms with Crippen LogP contribution in [0.4, 0.5) is 0 Å². The van der Waals surface area contributed by atoms with Gasteiger partial charge in [0.05, 0.1) is 0 Å². The van der Waals surface area contributed by atoms with Crippen LogP contribution < -0.4 is 4.74 Å². The highest BCUT2D eigenvalue weighted by atomic mass is 127. The van der Waals surface area contributed by atoms with Crippen molar-refractivity contribution in [3.05, 3.63) is 29.8 Å². The quantitative estimate of drug-likeness (QED) is 0.609. The van der Waals surface area contributed by atoms with Crippen molar-refractivity contribution in [2.24, 2.45) is 0 Å². The summed E-state index contributed by atoms with van der Waals surface area (Å²) in [6.45, 7) is 6.18. The molecule has 78 valence electrons. The van der Waals surface area contributed by atoms with Gasteiger partial charge >= 0.3 is 0 Å².